The van der Waals surface area contributed by atoms with Gasteiger partial charge in [-0.3, -0.25) is 19.1 Å². The zero-order valence-corrected chi connectivity index (χ0v) is 15.3. The van der Waals surface area contributed by atoms with Crippen molar-refractivity contribution in [2.75, 3.05) is 46.0 Å². The van der Waals surface area contributed by atoms with E-state index in [1.165, 1.54) is 0 Å². The third kappa shape index (κ3) is 4.12. The highest BCUT2D eigenvalue weighted by atomic mass is 16.5. The van der Waals surface area contributed by atoms with E-state index in [-0.39, 0.29) is 18.1 Å². The van der Waals surface area contributed by atoms with Crippen LogP contribution in [0.3, 0.4) is 0 Å². The van der Waals surface area contributed by atoms with Gasteiger partial charge < -0.3 is 14.8 Å². The zero-order chi connectivity index (χ0) is 18.6. The minimum atomic E-state index is -0.174. The molecule has 8 nitrogen and oxygen atoms in total. The highest BCUT2D eigenvalue weighted by Gasteiger charge is 2.16. The molecule has 1 aromatic heterocycles. The van der Waals surface area contributed by atoms with Gasteiger partial charge in [0.25, 0.3) is 11.5 Å². The Labute approximate surface area is 157 Å². The van der Waals surface area contributed by atoms with E-state index < -0.39 is 0 Å². The number of aromatic nitrogens is 2. The molecule has 0 saturated carbocycles. The predicted molar refractivity (Wildman–Crippen MR) is 100 cm³/mol. The molecule has 0 bridgehead atoms. The van der Waals surface area contributed by atoms with Crippen LogP contribution in [-0.2, 0) is 22.5 Å². The van der Waals surface area contributed by atoms with Gasteiger partial charge in [0.1, 0.15) is 11.6 Å². The summed E-state index contributed by atoms with van der Waals surface area (Å²) in [4.78, 5) is 31.4. The molecule has 0 aliphatic carbocycles. The summed E-state index contributed by atoms with van der Waals surface area (Å²) in [5.74, 6) is 1.18. The summed E-state index contributed by atoms with van der Waals surface area (Å²) < 4.78 is 12.6. The molecule has 0 unspecified atom stereocenters. The van der Waals surface area contributed by atoms with Crippen molar-refractivity contribution in [2.24, 2.45) is 0 Å². The smallest absolute Gasteiger partial charge is 0.261 e. The Kier molecular flexibility index (Phi) is 5.35. The zero-order valence-electron chi connectivity index (χ0n) is 15.3. The quantitative estimate of drug-likeness (QED) is 0.778. The average Bonchev–Trinajstić information content (AvgIpc) is 3.16. The molecule has 8 heteroatoms. The molecule has 0 radical (unpaired) electrons. The van der Waals surface area contributed by atoms with Crippen LogP contribution < -0.4 is 15.6 Å². The van der Waals surface area contributed by atoms with Gasteiger partial charge in [-0.05, 0) is 24.6 Å². The molecule has 1 saturated heterocycles. The van der Waals surface area contributed by atoms with Gasteiger partial charge in [0.05, 0.1) is 24.1 Å². The van der Waals surface area contributed by atoms with E-state index in [1.54, 1.807) is 22.8 Å². The summed E-state index contributed by atoms with van der Waals surface area (Å²) in [5.41, 5.74) is 0.642. The van der Waals surface area contributed by atoms with Crippen LogP contribution in [0.15, 0.2) is 23.0 Å². The second-order valence-electron chi connectivity index (χ2n) is 6.86. The normalized spacial score (nSPS) is 17.0. The van der Waals surface area contributed by atoms with E-state index >= 15 is 0 Å². The van der Waals surface area contributed by atoms with Gasteiger partial charge >= 0.3 is 0 Å². The number of fused-ring (bicyclic) bond motifs is 2. The topological polar surface area (TPSA) is 85.7 Å². The van der Waals surface area contributed by atoms with Gasteiger partial charge in [0.2, 0.25) is 0 Å². The second-order valence-corrected chi connectivity index (χ2v) is 6.86. The summed E-state index contributed by atoms with van der Waals surface area (Å²) in [5, 5.41) is 3.39. The van der Waals surface area contributed by atoms with E-state index in [0.717, 1.165) is 51.5 Å². The molecular formula is C19H24N4O4. The number of ether oxygens (including phenoxy) is 2. The van der Waals surface area contributed by atoms with Gasteiger partial charge in [-0.2, -0.15) is 0 Å². The number of rotatable bonds is 6. The number of nitrogens with zero attached hydrogens (tertiary/aromatic N) is 3. The van der Waals surface area contributed by atoms with Gasteiger partial charge in [-0.15, -0.1) is 0 Å². The Bertz CT molecular complexity index is 889. The van der Waals surface area contributed by atoms with Crippen molar-refractivity contribution < 1.29 is 14.3 Å². The Hall–Kier alpha value is -2.45. The van der Waals surface area contributed by atoms with E-state index in [0.29, 0.717) is 29.7 Å². The monoisotopic (exact) mass is 372 g/mol. The van der Waals surface area contributed by atoms with Crippen LogP contribution in [0.1, 0.15) is 12.2 Å². The Morgan fingerprint density at radius 2 is 2.11 bits per heavy atom. The van der Waals surface area contributed by atoms with Crippen LogP contribution in [0.4, 0.5) is 0 Å². The fraction of sp³-hybridized carbons (Fsp3) is 0.526. The molecule has 4 rings (SSSR count). The lowest BCUT2D eigenvalue weighted by Crippen LogP contribution is -2.42. The average molecular weight is 372 g/mol. The number of benzene rings is 1. The lowest BCUT2D eigenvalue weighted by molar-refractivity contribution is -0.123. The van der Waals surface area contributed by atoms with Gasteiger partial charge in [0.15, 0.2) is 6.61 Å². The Morgan fingerprint density at radius 3 is 2.96 bits per heavy atom. The third-order valence-corrected chi connectivity index (χ3v) is 5.01. The van der Waals surface area contributed by atoms with Crippen LogP contribution in [-0.4, -0.2) is 66.4 Å². The van der Waals surface area contributed by atoms with Crippen molar-refractivity contribution in [1.82, 2.24) is 19.8 Å². The summed E-state index contributed by atoms with van der Waals surface area (Å²) in [7, 11) is 0. The Balaban J connectivity index is 1.32. The lowest BCUT2D eigenvalue weighted by atomic mass is 10.2. The molecule has 1 aromatic carbocycles. The van der Waals surface area contributed by atoms with Crippen molar-refractivity contribution in [2.45, 2.75) is 19.4 Å². The largest absolute Gasteiger partial charge is 0.484 e. The fourth-order valence-corrected chi connectivity index (χ4v) is 3.53. The first-order chi connectivity index (χ1) is 13.2. The van der Waals surface area contributed by atoms with E-state index in [2.05, 4.69) is 15.2 Å². The van der Waals surface area contributed by atoms with Crippen LogP contribution >= 0.6 is 0 Å². The molecule has 2 aromatic rings. The van der Waals surface area contributed by atoms with Crippen molar-refractivity contribution in [3.05, 3.63) is 34.4 Å². The van der Waals surface area contributed by atoms with Gasteiger partial charge in [-0.1, -0.05) is 0 Å². The molecule has 3 heterocycles. The SMILES string of the molecule is O=C(COc1ccc2nc3n(c(=O)c2c1)CCC3)NCCN1CCOCC1. The van der Waals surface area contributed by atoms with E-state index in [9.17, 15) is 9.59 Å². The van der Waals surface area contributed by atoms with Gasteiger partial charge in [0, 0.05) is 39.1 Å². The molecular weight excluding hydrogens is 348 g/mol. The minimum absolute atomic E-state index is 0.0343. The molecule has 1 fully saturated rings. The minimum Gasteiger partial charge on any atom is -0.484 e. The number of hydrogen-bond acceptors (Lipinski definition) is 6. The first-order valence-electron chi connectivity index (χ1n) is 9.44. The first-order valence-corrected chi connectivity index (χ1v) is 9.44. The standard InChI is InChI=1S/C19H24N4O4/c24-18(20-5-7-22-8-10-26-11-9-22)13-27-14-3-4-16-15(12-14)19(25)23-6-1-2-17(23)21-16/h3-4,12H,1-2,5-11,13H2,(H,20,24). The van der Waals surface area contributed by atoms with Gasteiger partial charge in [-0.25, -0.2) is 4.98 Å². The highest BCUT2D eigenvalue weighted by Crippen LogP contribution is 2.19. The first kappa shape index (κ1) is 17.9. The van der Waals surface area contributed by atoms with Crippen molar-refractivity contribution in [3.8, 4) is 5.75 Å². The lowest BCUT2D eigenvalue weighted by Gasteiger charge is -2.26. The highest BCUT2D eigenvalue weighted by molar-refractivity contribution is 5.80. The number of hydrogen-bond donors (Lipinski definition) is 1. The maximum atomic E-state index is 12.6. The van der Waals surface area contributed by atoms with Crippen LogP contribution in [0, 0.1) is 0 Å². The maximum Gasteiger partial charge on any atom is 0.261 e. The summed E-state index contributed by atoms with van der Waals surface area (Å²) >= 11 is 0. The molecule has 1 N–H and O–H groups in total. The summed E-state index contributed by atoms with van der Waals surface area (Å²) in [6, 6.07) is 5.21. The molecule has 1 amide bonds. The number of amides is 1. The van der Waals surface area contributed by atoms with Crippen molar-refractivity contribution >= 4 is 16.8 Å². The van der Waals surface area contributed by atoms with Crippen LogP contribution in [0.5, 0.6) is 5.75 Å². The van der Waals surface area contributed by atoms with Crippen molar-refractivity contribution in [3.63, 3.8) is 0 Å². The molecule has 2 aliphatic rings. The third-order valence-electron chi connectivity index (χ3n) is 5.01. The van der Waals surface area contributed by atoms with Crippen LogP contribution in [0.25, 0.3) is 10.9 Å². The number of carbonyl (C=O) groups is 1. The number of aryl methyl sites for hydroxylation is 1. The van der Waals surface area contributed by atoms with Crippen LogP contribution in [0.2, 0.25) is 0 Å². The fourth-order valence-electron chi connectivity index (χ4n) is 3.53. The number of morpholine rings is 1. The maximum absolute atomic E-state index is 12.6. The Morgan fingerprint density at radius 1 is 1.26 bits per heavy atom. The molecule has 144 valence electrons. The summed E-state index contributed by atoms with van der Waals surface area (Å²) in [6.45, 7) is 5.32. The molecule has 0 spiro atoms. The summed E-state index contributed by atoms with van der Waals surface area (Å²) in [6.07, 6.45) is 1.79. The second kappa shape index (κ2) is 8.06. The predicted octanol–water partition coefficient (Wildman–Crippen LogP) is 0.170. The number of carbonyl (C=O) groups excluding carboxylic acids is 1. The molecule has 2 aliphatic heterocycles. The number of nitrogens with one attached hydrogen (secondary N) is 1. The van der Waals surface area contributed by atoms with Crippen molar-refractivity contribution in [1.29, 1.82) is 0 Å². The van der Waals surface area contributed by atoms with E-state index in [4.69, 9.17) is 9.47 Å². The molecule has 27 heavy (non-hydrogen) atoms. The molecule has 0 atom stereocenters. The van der Waals surface area contributed by atoms with E-state index in [1.807, 2.05) is 0 Å².